The maximum Gasteiger partial charge on any atom is 0.258 e. The lowest BCUT2D eigenvalue weighted by Crippen LogP contribution is -2.22. The molecule has 0 aliphatic carbocycles. The Morgan fingerprint density at radius 1 is 0.821 bits per heavy atom. The Kier molecular flexibility index (Phi) is 4.85. The lowest BCUT2D eigenvalue weighted by molar-refractivity contribution is 0.0996. The largest absolute Gasteiger partial charge is 0.493 e. The van der Waals surface area contributed by atoms with Gasteiger partial charge < -0.3 is 14.4 Å². The number of amides is 1. The Morgan fingerprint density at radius 3 is 2.21 bits per heavy atom. The van der Waals surface area contributed by atoms with Crippen molar-refractivity contribution in [1.29, 1.82) is 0 Å². The summed E-state index contributed by atoms with van der Waals surface area (Å²) < 4.78 is 10.6. The van der Waals surface area contributed by atoms with Crippen LogP contribution in [0.2, 0.25) is 0 Å². The third-order valence-corrected chi connectivity index (χ3v) is 4.90. The Hall–Kier alpha value is -3.53. The summed E-state index contributed by atoms with van der Waals surface area (Å²) in [6, 6.07) is 21.6. The maximum absolute atomic E-state index is 12.6. The second-order valence-electron chi connectivity index (χ2n) is 6.59. The van der Waals surface area contributed by atoms with Gasteiger partial charge in [0.05, 0.1) is 20.8 Å². The number of fused-ring (bicyclic) bond motifs is 1. The van der Waals surface area contributed by atoms with E-state index in [1.807, 2.05) is 83.8 Å². The van der Waals surface area contributed by atoms with E-state index in [1.165, 1.54) is 0 Å². The quantitative estimate of drug-likeness (QED) is 0.590. The van der Waals surface area contributed by atoms with Crippen LogP contribution in [0.3, 0.4) is 0 Å². The molecular weight excluding hydrogens is 350 g/mol. The van der Waals surface area contributed by atoms with Crippen molar-refractivity contribution < 1.29 is 14.3 Å². The molecule has 4 rings (SSSR count). The molecule has 28 heavy (non-hydrogen) atoms. The van der Waals surface area contributed by atoms with E-state index in [-0.39, 0.29) is 5.91 Å². The molecular formula is C24H21NO3. The van der Waals surface area contributed by atoms with Crippen LogP contribution in [-0.2, 0) is 6.54 Å². The number of carbonyl (C=O) groups excluding carboxylic acids is 1. The van der Waals surface area contributed by atoms with E-state index in [9.17, 15) is 4.79 Å². The smallest absolute Gasteiger partial charge is 0.258 e. The first kappa shape index (κ1) is 17.9. The number of hydrogen-bond donors (Lipinski definition) is 0. The predicted molar refractivity (Wildman–Crippen MR) is 112 cm³/mol. The lowest BCUT2D eigenvalue weighted by atomic mass is 10.1. The van der Waals surface area contributed by atoms with Crippen LogP contribution in [0.25, 0.3) is 12.2 Å². The third kappa shape index (κ3) is 3.37. The summed E-state index contributed by atoms with van der Waals surface area (Å²) in [4.78, 5) is 14.4. The molecule has 3 aromatic carbocycles. The van der Waals surface area contributed by atoms with E-state index in [1.54, 1.807) is 14.2 Å². The zero-order valence-corrected chi connectivity index (χ0v) is 15.9. The van der Waals surface area contributed by atoms with Crippen molar-refractivity contribution in [3.63, 3.8) is 0 Å². The predicted octanol–water partition coefficient (Wildman–Crippen LogP) is 5.03. The van der Waals surface area contributed by atoms with E-state index in [4.69, 9.17) is 9.47 Å². The van der Waals surface area contributed by atoms with E-state index < -0.39 is 0 Å². The zero-order chi connectivity index (χ0) is 19.5. The minimum Gasteiger partial charge on any atom is -0.493 e. The molecule has 1 aliphatic heterocycles. The summed E-state index contributed by atoms with van der Waals surface area (Å²) in [5.74, 6) is 1.47. The number of ether oxygens (including phenoxy) is 2. The van der Waals surface area contributed by atoms with Crippen molar-refractivity contribution in [2.75, 3.05) is 19.1 Å². The van der Waals surface area contributed by atoms with Crippen molar-refractivity contribution in [2.24, 2.45) is 0 Å². The van der Waals surface area contributed by atoms with Gasteiger partial charge in [-0.15, -0.1) is 0 Å². The number of carbonyl (C=O) groups is 1. The fraction of sp³-hybridized carbons (Fsp3) is 0.125. The molecule has 3 aromatic rings. The zero-order valence-electron chi connectivity index (χ0n) is 15.9. The van der Waals surface area contributed by atoms with E-state index in [2.05, 4.69) is 0 Å². The summed E-state index contributed by atoms with van der Waals surface area (Å²) in [6.07, 6.45) is 4.05. The average molecular weight is 371 g/mol. The first-order valence-corrected chi connectivity index (χ1v) is 9.09. The molecule has 0 radical (unpaired) electrons. The van der Waals surface area contributed by atoms with Crippen LogP contribution >= 0.6 is 0 Å². The van der Waals surface area contributed by atoms with Crippen LogP contribution in [0.1, 0.15) is 27.0 Å². The first-order chi connectivity index (χ1) is 13.7. The van der Waals surface area contributed by atoms with E-state index >= 15 is 0 Å². The van der Waals surface area contributed by atoms with Crippen molar-refractivity contribution in [3.8, 4) is 11.5 Å². The Balaban J connectivity index is 1.50. The summed E-state index contributed by atoms with van der Waals surface area (Å²) >= 11 is 0. The molecule has 0 saturated heterocycles. The molecule has 4 heteroatoms. The Labute approximate surface area is 164 Å². The van der Waals surface area contributed by atoms with Gasteiger partial charge in [-0.3, -0.25) is 4.79 Å². The van der Waals surface area contributed by atoms with Gasteiger partial charge >= 0.3 is 0 Å². The molecule has 0 spiro atoms. The molecule has 0 bridgehead atoms. The van der Waals surface area contributed by atoms with Crippen LogP contribution in [0, 0.1) is 0 Å². The van der Waals surface area contributed by atoms with Crippen LogP contribution in [0.15, 0.2) is 66.7 Å². The summed E-state index contributed by atoms with van der Waals surface area (Å²) in [5.41, 5.74) is 4.85. The van der Waals surface area contributed by atoms with Gasteiger partial charge in [-0.25, -0.2) is 0 Å². The van der Waals surface area contributed by atoms with Crippen LogP contribution in [0.5, 0.6) is 11.5 Å². The monoisotopic (exact) mass is 371 g/mol. The molecule has 0 fully saturated rings. The van der Waals surface area contributed by atoms with Gasteiger partial charge in [-0.2, -0.15) is 0 Å². The molecule has 0 N–H and O–H groups in total. The number of anilines is 1. The molecule has 0 aromatic heterocycles. The normalized spacial score (nSPS) is 13.1. The molecule has 0 unspecified atom stereocenters. The fourth-order valence-electron chi connectivity index (χ4n) is 3.38. The second-order valence-corrected chi connectivity index (χ2v) is 6.59. The van der Waals surface area contributed by atoms with Crippen molar-refractivity contribution in [3.05, 3.63) is 89.0 Å². The first-order valence-electron chi connectivity index (χ1n) is 9.09. The number of hydrogen-bond acceptors (Lipinski definition) is 3. The van der Waals surface area contributed by atoms with Gasteiger partial charge in [-0.05, 0) is 47.0 Å². The van der Waals surface area contributed by atoms with E-state index in [0.29, 0.717) is 18.0 Å². The topological polar surface area (TPSA) is 38.8 Å². The van der Waals surface area contributed by atoms with Crippen LogP contribution in [0.4, 0.5) is 5.69 Å². The molecule has 0 saturated carbocycles. The molecule has 0 atom stereocenters. The van der Waals surface area contributed by atoms with Crippen LogP contribution < -0.4 is 14.4 Å². The number of rotatable bonds is 5. The highest BCUT2D eigenvalue weighted by atomic mass is 16.5. The summed E-state index contributed by atoms with van der Waals surface area (Å²) in [6.45, 7) is 0.621. The number of benzene rings is 3. The fourth-order valence-corrected chi connectivity index (χ4v) is 3.38. The summed E-state index contributed by atoms with van der Waals surface area (Å²) in [7, 11) is 3.25. The minimum absolute atomic E-state index is 0.0595. The van der Waals surface area contributed by atoms with Crippen molar-refractivity contribution >= 4 is 23.7 Å². The van der Waals surface area contributed by atoms with Gasteiger partial charge in [-0.1, -0.05) is 48.6 Å². The highest BCUT2D eigenvalue weighted by molar-refractivity contribution is 6.10. The van der Waals surface area contributed by atoms with Gasteiger partial charge in [0.1, 0.15) is 0 Å². The SMILES string of the molecule is COc1ccc(/C=C/c2ccc(N3Cc4ccccc4C3=O)cc2)cc1OC. The maximum atomic E-state index is 12.6. The molecule has 1 aliphatic rings. The van der Waals surface area contributed by atoms with Crippen molar-refractivity contribution in [2.45, 2.75) is 6.54 Å². The minimum atomic E-state index is 0.0595. The van der Waals surface area contributed by atoms with Gasteiger partial charge in [0.2, 0.25) is 0 Å². The highest BCUT2D eigenvalue weighted by Crippen LogP contribution is 2.30. The highest BCUT2D eigenvalue weighted by Gasteiger charge is 2.27. The lowest BCUT2D eigenvalue weighted by Gasteiger charge is -2.15. The standard InChI is InChI=1S/C24H21NO3/c1-27-22-14-11-18(15-23(22)28-2)8-7-17-9-12-20(13-10-17)25-16-19-5-3-4-6-21(19)24(25)26/h3-15H,16H2,1-2H3/b8-7+. The van der Waals surface area contributed by atoms with Gasteiger partial charge in [0.25, 0.3) is 5.91 Å². The van der Waals surface area contributed by atoms with E-state index in [0.717, 1.165) is 27.9 Å². The second kappa shape index (κ2) is 7.61. The third-order valence-electron chi connectivity index (χ3n) is 4.90. The molecule has 1 heterocycles. The number of nitrogens with zero attached hydrogens (tertiary/aromatic N) is 1. The van der Waals surface area contributed by atoms with Crippen LogP contribution in [-0.4, -0.2) is 20.1 Å². The number of methoxy groups -OCH3 is 2. The molecule has 1 amide bonds. The van der Waals surface area contributed by atoms with Crippen molar-refractivity contribution in [1.82, 2.24) is 0 Å². The molecule has 140 valence electrons. The van der Waals surface area contributed by atoms with Gasteiger partial charge in [0, 0.05) is 11.3 Å². The average Bonchev–Trinajstić information content (AvgIpc) is 3.09. The Morgan fingerprint density at radius 2 is 1.50 bits per heavy atom. The summed E-state index contributed by atoms with van der Waals surface area (Å²) in [5, 5.41) is 0. The Bertz CT molecular complexity index is 1040. The molecule has 4 nitrogen and oxygen atoms in total. The van der Waals surface area contributed by atoms with Gasteiger partial charge in [0.15, 0.2) is 11.5 Å².